The molecule has 0 bridgehead atoms. The van der Waals surface area contributed by atoms with E-state index in [0.717, 1.165) is 13.0 Å². The van der Waals surface area contributed by atoms with Crippen LogP contribution in [0.1, 0.15) is 36.7 Å². The van der Waals surface area contributed by atoms with Gasteiger partial charge < -0.3 is 26.0 Å². The third-order valence-corrected chi connectivity index (χ3v) is 7.51. The molecule has 4 heterocycles. The smallest absolute Gasteiger partial charge is 0.296 e. The lowest BCUT2D eigenvalue weighted by Crippen LogP contribution is -2.45. The molecule has 2 aliphatic rings. The molecule has 2 saturated heterocycles. The van der Waals surface area contributed by atoms with Crippen LogP contribution < -0.4 is 21.3 Å². The maximum Gasteiger partial charge on any atom is 0.296 e. The van der Waals surface area contributed by atoms with E-state index in [1.54, 1.807) is 54.6 Å². The van der Waals surface area contributed by atoms with Gasteiger partial charge in [0.25, 0.3) is 6.43 Å². The Bertz CT molecular complexity index is 1600. The summed E-state index contributed by atoms with van der Waals surface area (Å²) in [4.78, 5) is 40.5. The molecular formula is C29H30F2N8O3. The molecule has 4 aromatic rings. The summed E-state index contributed by atoms with van der Waals surface area (Å²) in [6.45, 7) is 2.93. The van der Waals surface area contributed by atoms with E-state index in [2.05, 4.69) is 15.6 Å². The number of benzene rings is 2. The number of nitrogens with one attached hydrogen (secondary N) is 2. The summed E-state index contributed by atoms with van der Waals surface area (Å²) in [7, 11) is 0. The fourth-order valence-electron chi connectivity index (χ4n) is 5.34. The Morgan fingerprint density at radius 1 is 1.05 bits per heavy atom. The number of fused-ring (bicyclic) bond motifs is 1. The number of para-hydroxylation sites is 2. The molecule has 6 rings (SSSR count). The van der Waals surface area contributed by atoms with E-state index in [1.165, 1.54) is 4.57 Å². The molecule has 1 unspecified atom stereocenters. The summed E-state index contributed by atoms with van der Waals surface area (Å²) in [6, 6.07) is 14.2. The molecule has 0 aliphatic carbocycles. The van der Waals surface area contributed by atoms with Gasteiger partial charge in [-0.3, -0.25) is 14.2 Å². The molecule has 2 fully saturated rings. The Morgan fingerprint density at radius 2 is 1.81 bits per heavy atom. The van der Waals surface area contributed by atoms with Gasteiger partial charge in [0.05, 0.1) is 36.0 Å². The van der Waals surface area contributed by atoms with Crippen LogP contribution in [0.2, 0.25) is 0 Å². The second-order valence-electron chi connectivity index (χ2n) is 10.2. The van der Waals surface area contributed by atoms with Crippen LogP contribution in [0.4, 0.5) is 14.6 Å². The van der Waals surface area contributed by atoms with Gasteiger partial charge >= 0.3 is 0 Å². The molecule has 11 nitrogen and oxygen atoms in total. The first-order valence-corrected chi connectivity index (χ1v) is 13.8. The Balaban J connectivity index is 1.39. The first kappa shape index (κ1) is 27.7. The lowest BCUT2D eigenvalue weighted by molar-refractivity contribution is -0.128. The van der Waals surface area contributed by atoms with Crippen molar-refractivity contribution in [1.29, 1.82) is 0 Å². The van der Waals surface area contributed by atoms with Gasteiger partial charge in [-0.25, -0.2) is 18.7 Å². The number of rotatable bonds is 8. The van der Waals surface area contributed by atoms with Crippen LogP contribution >= 0.6 is 0 Å². The number of alkyl halides is 2. The predicted molar refractivity (Wildman–Crippen MR) is 151 cm³/mol. The van der Waals surface area contributed by atoms with Gasteiger partial charge in [0.1, 0.15) is 11.9 Å². The van der Waals surface area contributed by atoms with Crippen molar-refractivity contribution in [3.8, 4) is 17.2 Å². The minimum Gasteiger partial charge on any atom is -0.378 e. The number of ether oxygens (including phenoxy) is 1. The Labute approximate surface area is 240 Å². The average molecular weight is 577 g/mol. The third-order valence-electron chi connectivity index (χ3n) is 7.51. The lowest BCUT2D eigenvalue weighted by atomic mass is 10.0. The lowest BCUT2D eigenvalue weighted by Gasteiger charge is -2.28. The van der Waals surface area contributed by atoms with Crippen molar-refractivity contribution in [3.05, 3.63) is 66.0 Å². The number of carbonyl (C=O) groups excluding carboxylic acids is 2. The number of hydrogen-bond acceptors (Lipinski definition) is 8. The minimum atomic E-state index is -2.85. The van der Waals surface area contributed by atoms with Crippen molar-refractivity contribution in [2.75, 3.05) is 37.7 Å². The highest BCUT2D eigenvalue weighted by Crippen LogP contribution is 2.30. The molecule has 2 atom stereocenters. The predicted octanol–water partition coefficient (Wildman–Crippen LogP) is 2.65. The van der Waals surface area contributed by atoms with E-state index in [1.807, 2.05) is 4.90 Å². The van der Waals surface area contributed by atoms with Crippen LogP contribution in [-0.2, 0) is 14.3 Å². The van der Waals surface area contributed by atoms with Crippen LogP contribution in [0.3, 0.4) is 0 Å². The number of amides is 2. The monoisotopic (exact) mass is 576 g/mol. The van der Waals surface area contributed by atoms with E-state index < -0.39 is 24.2 Å². The van der Waals surface area contributed by atoms with E-state index in [9.17, 15) is 18.4 Å². The van der Waals surface area contributed by atoms with E-state index in [-0.39, 0.29) is 17.9 Å². The number of halogens is 2. The van der Waals surface area contributed by atoms with E-state index in [4.69, 9.17) is 20.4 Å². The second-order valence-corrected chi connectivity index (χ2v) is 10.2. The molecule has 2 aliphatic heterocycles. The molecule has 13 heteroatoms. The zero-order valence-corrected chi connectivity index (χ0v) is 22.7. The molecule has 0 radical (unpaired) electrons. The number of imidazole rings is 1. The van der Waals surface area contributed by atoms with Crippen molar-refractivity contribution in [2.24, 2.45) is 5.73 Å². The first-order chi connectivity index (χ1) is 20.4. The van der Waals surface area contributed by atoms with Crippen molar-refractivity contribution < 1.29 is 23.1 Å². The van der Waals surface area contributed by atoms with Gasteiger partial charge in [0, 0.05) is 24.7 Å². The number of nitrogens with two attached hydrogens (primary N) is 1. The first-order valence-electron chi connectivity index (χ1n) is 13.8. The van der Waals surface area contributed by atoms with Crippen molar-refractivity contribution in [1.82, 2.24) is 30.2 Å². The van der Waals surface area contributed by atoms with Gasteiger partial charge in [-0.2, -0.15) is 4.98 Å². The van der Waals surface area contributed by atoms with Crippen LogP contribution in [0.25, 0.3) is 28.2 Å². The summed E-state index contributed by atoms with van der Waals surface area (Å²) in [6.07, 6.45) is -1.28. The van der Waals surface area contributed by atoms with Crippen LogP contribution in [0.5, 0.6) is 0 Å². The molecule has 2 aromatic carbocycles. The minimum absolute atomic E-state index is 0.0633. The molecular weight excluding hydrogens is 546 g/mol. The van der Waals surface area contributed by atoms with E-state index >= 15 is 0 Å². The van der Waals surface area contributed by atoms with Gasteiger partial charge in [-0.15, -0.1) is 0 Å². The highest BCUT2D eigenvalue weighted by molar-refractivity contribution is 5.90. The normalized spacial score (nSPS) is 18.0. The summed E-state index contributed by atoms with van der Waals surface area (Å²) in [5.74, 6) is -0.786. The second kappa shape index (κ2) is 11.8. The molecule has 42 heavy (non-hydrogen) atoms. The number of anilines is 1. The Kier molecular flexibility index (Phi) is 7.76. The highest BCUT2D eigenvalue weighted by atomic mass is 19.3. The summed E-state index contributed by atoms with van der Waals surface area (Å²) < 4.78 is 35.1. The summed E-state index contributed by atoms with van der Waals surface area (Å²) >= 11 is 0. The van der Waals surface area contributed by atoms with Crippen LogP contribution in [-0.4, -0.2) is 70.2 Å². The molecule has 2 aromatic heterocycles. The van der Waals surface area contributed by atoms with Gasteiger partial charge in [-0.05, 0) is 37.1 Å². The molecule has 0 spiro atoms. The average Bonchev–Trinajstić information content (AvgIpc) is 3.69. The Hall–Kier alpha value is -4.49. The maximum absolute atomic E-state index is 14.2. The fourth-order valence-corrected chi connectivity index (χ4v) is 5.34. The number of hydrogen-bond donors (Lipinski definition) is 3. The summed E-state index contributed by atoms with van der Waals surface area (Å²) in [5, 5.41) is 5.86. The molecule has 0 saturated carbocycles. The largest absolute Gasteiger partial charge is 0.378 e. The SMILES string of the molecule is NC(=O)C(NC(=O)[C@@H]1CCCN1)c1ccc(-c2cc(N3CCOCC3)nc(-n3c(C(F)F)nc4ccccc43)n2)cc1. The number of aromatic nitrogens is 4. The fraction of sp³-hybridized carbons (Fsp3) is 0.345. The molecule has 2 amide bonds. The number of nitrogens with zero attached hydrogens (tertiary/aromatic N) is 5. The number of primary amides is 1. The third kappa shape index (κ3) is 5.52. The van der Waals surface area contributed by atoms with Crippen molar-refractivity contribution in [2.45, 2.75) is 31.4 Å². The van der Waals surface area contributed by atoms with E-state index in [0.29, 0.717) is 66.4 Å². The molecule has 218 valence electrons. The zero-order valence-electron chi connectivity index (χ0n) is 22.7. The zero-order chi connectivity index (χ0) is 29.2. The van der Waals surface area contributed by atoms with Crippen LogP contribution in [0.15, 0.2) is 54.6 Å². The molecule has 4 N–H and O–H groups in total. The number of morpholine rings is 1. The van der Waals surface area contributed by atoms with Crippen molar-refractivity contribution in [3.63, 3.8) is 0 Å². The summed E-state index contributed by atoms with van der Waals surface area (Å²) in [5.41, 5.74) is 8.18. The Morgan fingerprint density at radius 3 is 2.50 bits per heavy atom. The van der Waals surface area contributed by atoms with Crippen molar-refractivity contribution >= 4 is 28.7 Å². The van der Waals surface area contributed by atoms with Crippen LogP contribution in [0, 0.1) is 0 Å². The quantitative estimate of drug-likeness (QED) is 0.291. The topological polar surface area (TPSA) is 140 Å². The highest BCUT2D eigenvalue weighted by Gasteiger charge is 2.28. The maximum atomic E-state index is 14.2. The van der Waals surface area contributed by atoms with Gasteiger partial charge in [-0.1, -0.05) is 36.4 Å². The standard InChI is InChI=1S/C29H30F2N8O3/c30-25(31)27-34-19-4-1-2-6-22(19)39(27)29-35-21(16-23(36-29)38-12-14-42-15-13-38)17-7-9-18(10-8-17)24(26(32)40)37-28(41)20-5-3-11-33-20/h1-2,4,6-10,16,20,24-25,33H,3,5,11-15H2,(H2,32,40)(H,37,41)/t20-,24?/m0/s1. The van der Waals surface area contributed by atoms with Gasteiger partial charge in [0.15, 0.2) is 5.82 Å². The number of carbonyl (C=O) groups is 2. The van der Waals surface area contributed by atoms with Gasteiger partial charge in [0.2, 0.25) is 17.8 Å².